The van der Waals surface area contributed by atoms with Crippen LogP contribution in [-0.2, 0) is 32.9 Å². The van der Waals surface area contributed by atoms with Crippen molar-refractivity contribution in [3.05, 3.63) is 12.2 Å². The number of ether oxygens (including phenoxy) is 2. The number of rotatable bonds is 32. The fourth-order valence-electron chi connectivity index (χ4n) is 6.57. The van der Waals surface area contributed by atoms with Crippen LogP contribution in [0, 0.1) is 17.8 Å². The molecule has 0 unspecified atom stereocenters. The second kappa shape index (κ2) is 28.8. The maximum absolute atomic E-state index is 12.5. The van der Waals surface area contributed by atoms with Gasteiger partial charge in [0.15, 0.2) is 6.10 Å². The molecule has 0 amide bonds. The van der Waals surface area contributed by atoms with Crippen LogP contribution in [0.5, 0.6) is 0 Å². The Labute approximate surface area is 307 Å². The van der Waals surface area contributed by atoms with Crippen molar-refractivity contribution in [3.8, 4) is 0 Å². The van der Waals surface area contributed by atoms with E-state index >= 15 is 0 Å². The summed E-state index contributed by atoms with van der Waals surface area (Å²) in [6.45, 7) is 5.68. The Morgan fingerprint density at radius 2 is 1.35 bits per heavy atom. The molecule has 0 aromatic heterocycles. The van der Waals surface area contributed by atoms with Crippen LogP contribution in [-0.4, -0.2) is 69.2 Å². The molecule has 11 nitrogen and oxygen atoms in total. The first-order chi connectivity index (χ1) is 24.3. The first-order valence-electron chi connectivity index (χ1n) is 19.9. The predicted molar refractivity (Wildman–Crippen MR) is 199 cm³/mol. The Kier molecular flexibility index (Phi) is 26.8. The second-order valence-corrected chi connectivity index (χ2v) is 16.1. The third-order valence-electron chi connectivity index (χ3n) is 9.61. The summed E-state index contributed by atoms with van der Waals surface area (Å²) in [5, 5.41) is 20.6. The number of Topliss-reactive ketones (excluding diaryl/α,β-unsaturated/α-hetero) is 1. The molecule has 0 bridgehead atoms. The van der Waals surface area contributed by atoms with Gasteiger partial charge in [0, 0.05) is 31.1 Å². The van der Waals surface area contributed by atoms with Gasteiger partial charge in [0.25, 0.3) is 0 Å². The van der Waals surface area contributed by atoms with Gasteiger partial charge in [-0.25, -0.2) is 4.57 Å². The van der Waals surface area contributed by atoms with Crippen molar-refractivity contribution in [2.24, 2.45) is 17.8 Å². The molecule has 0 saturated heterocycles. The Morgan fingerprint density at radius 1 is 0.804 bits per heavy atom. The number of hydrogen-bond acceptors (Lipinski definition) is 9. The van der Waals surface area contributed by atoms with E-state index in [1.165, 1.54) is 44.9 Å². The Bertz CT molecular complexity index is 1010. The van der Waals surface area contributed by atoms with E-state index in [-0.39, 0.29) is 43.5 Å². The maximum atomic E-state index is 12.5. The van der Waals surface area contributed by atoms with Gasteiger partial charge in [-0.3, -0.25) is 18.9 Å². The number of phosphoric ester groups is 1. The molecule has 0 spiro atoms. The minimum Gasteiger partial charge on any atom is -0.462 e. The van der Waals surface area contributed by atoms with Gasteiger partial charge in [-0.05, 0) is 31.6 Å². The van der Waals surface area contributed by atoms with Crippen molar-refractivity contribution in [3.63, 3.8) is 0 Å². The van der Waals surface area contributed by atoms with Gasteiger partial charge in [0.05, 0.1) is 18.8 Å². The summed E-state index contributed by atoms with van der Waals surface area (Å²) in [5.41, 5.74) is 0. The number of hydrogen-bond donors (Lipinski definition) is 4. The van der Waals surface area contributed by atoms with E-state index < -0.39 is 44.7 Å². The lowest BCUT2D eigenvalue weighted by Gasteiger charge is -2.19. The Morgan fingerprint density at radius 3 is 1.94 bits per heavy atom. The molecule has 1 fully saturated rings. The fourth-order valence-corrected chi connectivity index (χ4v) is 6.93. The molecule has 0 aromatic carbocycles. The number of carbonyl (C=O) groups is 3. The van der Waals surface area contributed by atoms with E-state index in [0.29, 0.717) is 32.1 Å². The summed E-state index contributed by atoms with van der Waals surface area (Å²) in [5.74, 6) is -0.810. The molecule has 1 saturated carbocycles. The molecule has 0 aliphatic heterocycles. The van der Waals surface area contributed by atoms with Gasteiger partial charge in [0.1, 0.15) is 12.4 Å². The molecule has 1 aliphatic carbocycles. The van der Waals surface area contributed by atoms with Gasteiger partial charge < -0.3 is 29.5 Å². The molecular formula is C39H71O11P. The first kappa shape index (κ1) is 47.4. The summed E-state index contributed by atoms with van der Waals surface area (Å²) in [6.07, 6.45) is 21.3. The highest BCUT2D eigenvalue weighted by molar-refractivity contribution is 7.46. The Hall–Kier alpha value is -1.62. The minimum atomic E-state index is -4.81. The lowest BCUT2D eigenvalue weighted by Crippen LogP contribution is -2.29. The summed E-state index contributed by atoms with van der Waals surface area (Å²) in [7, 11) is -4.81. The van der Waals surface area contributed by atoms with E-state index in [9.17, 15) is 29.2 Å². The molecule has 1 rings (SSSR count). The zero-order valence-corrected chi connectivity index (χ0v) is 32.8. The third-order valence-corrected chi connectivity index (χ3v) is 10.1. The van der Waals surface area contributed by atoms with E-state index in [4.69, 9.17) is 19.3 Å². The van der Waals surface area contributed by atoms with Crippen LogP contribution in [0.15, 0.2) is 12.2 Å². The van der Waals surface area contributed by atoms with Gasteiger partial charge >= 0.3 is 19.8 Å². The van der Waals surface area contributed by atoms with Gasteiger partial charge in [-0.1, -0.05) is 136 Å². The van der Waals surface area contributed by atoms with Crippen LogP contribution in [0.4, 0.5) is 0 Å². The molecule has 12 heteroatoms. The van der Waals surface area contributed by atoms with Crippen LogP contribution in [0.3, 0.4) is 0 Å². The molecule has 5 atom stereocenters. The average molecular weight is 747 g/mol. The Balaban J connectivity index is 2.30. The van der Waals surface area contributed by atoms with Gasteiger partial charge in [-0.15, -0.1) is 0 Å². The standard InChI is InChI=1S/C39H71O11P/c1-4-5-16-22-32(40)26-27-35-34(36(41)28-37(35)42)23-18-14-15-20-25-39(44)50-33(30-49-51(45,46)47)29-48-38(43)24-19-13-11-9-7-6-8-10-12-17-21-31(2)3/h26-27,31-35,37,40,42H,4-25,28-30H2,1-3H3,(H2,45,46,47)/b27-26+/t32-,33+,34+,35+,37+/m0/s1. The summed E-state index contributed by atoms with van der Waals surface area (Å²) < 4.78 is 26.3. The summed E-state index contributed by atoms with van der Waals surface area (Å²) in [4.78, 5) is 55.5. The quantitative estimate of drug-likeness (QED) is 0.0225. The van der Waals surface area contributed by atoms with Crippen molar-refractivity contribution in [1.82, 2.24) is 0 Å². The number of esters is 2. The van der Waals surface area contributed by atoms with Crippen molar-refractivity contribution in [2.75, 3.05) is 13.2 Å². The second-order valence-electron chi connectivity index (χ2n) is 14.9. The summed E-state index contributed by atoms with van der Waals surface area (Å²) in [6, 6.07) is 0. The topological polar surface area (TPSA) is 177 Å². The molecule has 4 N–H and O–H groups in total. The number of phosphoric acid groups is 1. The van der Waals surface area contributed by atoms with Crippen molar-refractivity contribution in [1.29, 1.82) is 0 Å². The molecule has 51 heavy (non-hydrogen) atoms. The molecule has 298 valence electrons. The number of ketones is 1. The summed E-state index contributed by atoms with van der Waals surface area (Å²) >= 11 is 0. The largest absolute Gasteiger partial charge is 0.469 e. The first-order valence-corrected chi connectivity index (χ1v) is 21.5. The van der Waals surface area contributed by atoms with Crippen LogP contribution in [0.25, 0.3) is 0 Å². The van der Waals surface area contributed by atoms with Crippen molar-refractivity contribution in [2.45, 2.75) is 187 Å². The minimum absolute atomic E-state index is 0.0364. The zero-order chi connectivity index (χ0) is 37.9. The molecular weight excluding hydrogens is 675 g/mol. The molecule has 0 heterocycles. The van der Waals surface area contributed by atoms with E-state index in [2.05, 4.69) is 25.3 Å². The lowest BCUT2D eigenvalue weighted by atomic mass is 9.88. The smallest absolute Gasteiger partial charge is 0.462 e. The third kappa shape index (κ3) is 25.9. The van der Waals surface area contributed by atoms with Crippen molar-refractivity contribution < 1.29 is 52.9 Å². The monoisotopic (exact) mass is 746 g/mol. The van der Waals surface area contributed by atoms with Crippen LogP contribution in [0.1, 0.15) is 168 Å². The molecule has 1 aliphatic rings. The normalized spacial score (nSPS) is 19.2. The fraction of sp³-hybridized carbons (Fsp3) is 0.872. The maximum Gasteiger partial charge on any atom is 0.469 e. The zero-order valence-electron chi connectivity index (χ0n) is 31.9. The van der Waals surface area contributed by atoms with Crippen LogP contribution >= 0.6 is 7.82 Å². The SMILES string of the molecule is CCCCC[C@H](O)/C=C/[C@H]1[C@H](O)CC(=O)[C@@H]1CCCCCCC(=O)O[C@H](COC(=O)CCCCCCCCCCCCC(C)C)COP(=O)(O)O. The van der Waals surface area contributed by atoms with Crippen LogP contribution in [0.2, 0.25) is 0 Å². The van der Waals surface area contributed by atoms with Crippen molar-refractivity contribution >= 4 is 25.5 Å². The number of aliphatic hydroxyl groups is 2. The lowest BCUT2D eigenvalue weighted by molar-refractivity contribution is -0.161. The van der Waals surface area contributed by atoms with Crippen LogP contribution < -0.4 is 0 Å². The van der Waals surface area contributed by atoms with Gasteiger partial charge in [0.2, 0.25) is 0 Å². The van der Waals surface area contributed by atoms with E-state index in [0.717, 1.165) is 57.3 Å². The molecule has 0 radical (unpaired) electrons. The highest BCUT2D eigenvalue weighted by atomic mass is 31.2. The number of carbonyl (C=O) groups excluding carboxylic acids is 3. The number of aliphatic hydroxyl groups excluding tert-OH is 2. The van der Waals surface area contributed by atoms with Gasteiger partial charge in [-0.2, -0.15) is 0 Å². The van der Waals surface area contributed by atoms with E-state index in [1.807, 2.05) is 0 Å². The highest BCUT2D eigenvalue weighted by Crippen LogP contribution is 2.36. The molecule has 0 aromatic rings. The predicted octanol–water partition coefficient (Wildman–Crippen LogP) is 8.29. The highest BCUT2D eigenvalue weighted by Gasteiger charge is 2.39. The van der Waals surface area contributed by atoms with E-state index in [1.54, 1.807) is 12.2 Å². The average Bonchev–Trinajstić information content (AvgIpc) is 3.33. The number of unbranched alkanes of at least 4 members (excludes halogenated alkanes) is 14.